The van der Waals surface area contributed by atoms with E-state index in [0.29, 0.717) is 16.7 Å². The van der Waals surface area contributed by atoms with Gasteiger partial charge in [0.25, 0.3) is 0 Å². The minimum atomic E-state index is -0.662. The minimum Gasteiger partial charge on any atom is -0.466 e. The van der Waals surface area contributed by atoms with Crippen LogP contribution in [0.25, 0.3) is 0 Å². The van der Waals surface area contributed by atoms with E-state index >= 15 is 0 Å². The zero-order valence-electron chi connectivity index (χ0n) is 15.3. The molecule has 6 heteroatoms. The molecular formula is C20H22FNO4. The molecule has 0 atom stereocenters. The molecule has 0 unspecified atom stereocenters. The van der Waals surface area contributed by atoms with E-state index < -0.39 is 17.9 Å². The summed E-state index contributed by atoms with van der Waals surface area (Å²) in [5.74, 6) is -2.05. The van der Waals surface area contributed by atoms with Gasteiger partial charge < -0.3 is 14.4 Å². The molecule has 0 bridgehead atoms. The van der Waals surface area contributed by atoms with Crippen molar-refractivity contribution >= 4 is 11.9 Å². The van der Waals surface area contributed by atoms with Gasteiger partial charge in [-0.2, -0.15) is 0 Å². The van der Waals surface area contributed by atoms with E-state index in [-0.39, 0.29) is 11.9 Å². The fourth-order valence-corrected chi connectivity index (χ4v) is 3.69. The summed E-state index contributed by atoms with van der Waals surface area (Å²) < 4.78 is 23.4. The summed E-state index contributed by atoms with van der Waals surface area (Å²) in [6.07, 6.45) is 2.00. The number of carbonyl (C=O) groups excluding carboxylic acids is 2. The van der Waals surface area contributed by atoms with Crippen molar-refractivity contribution in [1.29, 1.82) is 0 Å². The molecule has 0 amide bonds. The van der Waals surface area contributed by atoms with Crippen LogP contribution in [-0.2, 0) is 19.1 Å². The average Bonchev–Trinajstić information content (AvgIpc) is 3.46. The summed E-state index contributed by atoms with van der Waals surface area (Å²) in [5, 5.41) is 0. The molecule has 1 aromatic carbocycles. The average molecular weight is 359 g/mol. The molecule has 5 nitrogen and oxygen atoms in total. The SMILES string of the molecule is COC(=O)C1=C(C)N(C2CC2)C(C)=C(C(=O)OC)C1c1ccc(F)cc1. The maximum atomic E-state index is 13.4. The Kier molecular flexibility index (Phi) is 4.85. The second kappa shape index (κ2) is 6.94. The van der Waals surface area contributed by atoms with Crippen LogP contribution in [-0.4, -0.2) is 37.1 Å². The zero-order chi connectivity index (χ0) is 19.0. The second-order valence-electron chi connectivity index (χ2n) is 6.57. The van der Waals surface area contributed by atoms with Crippen LogP contribution >= 0.6 is 0 Å². The number of carbonyl (C=O) groups is 2. The van der Waals surface area contributed by atoms with Gasteiger partial charge in [0.05, 0.1) is 31.3 Å². The fraction of sp³-hybridized carbons (Fsp3) is 0.400. The van der Waals surface area contributed by atoms with E-state index in [1.165, 1.54) is 26.4 Å². The van der Waals surface area contributed by atoms with E-state index in [1.54, 1.807) is 12.1 Å². The number of methoxy groups -OCH3 is 2. The van der Waals surface area contributed by atoms with Crippen molar-refractivity contribution < 1.29 is 23.5 Å². The molecule has 1 fully saturated rings. The molecule has 0 saturated heterocycles. The van der Waals surface area contributed by atoms with Crippen LogP contribution in [0.15, 0.2) is 46.8 Å². The summed E-state index contributed by atoms with van der Waals surface area (Å²) in [6.45, 7) is 3.72. The molecule has 0 N–H and O–H groups in total. The second-order valence-corrected chi connectivity index (χ2v) is 6.57. The number of hydrogen-bond acceptors (Lipinski definition) is 5. The Labute approximate surface area is 152 Å². The molecule has 1 aliphatic heterocycles. The monoisotopic (exact) mass is 359 g/mol. The van der Waals surface area contributed by atoms with Gasteiger partial charge in [-0.25, -0.2) is 14.0 Å². The number of benzene rings is 1. The third kappa shape index (κ3) is 3.00. The van der Waals surface area contributed by atoms with Crippen molar-refractivity contribution in [2.75, 3.05) is 14.2 Å². The third-order valence-corrected chi connectivity index (χ3v) is 5.01. The molecule has 0 spiro atoms. The van der Waals surface area contributed by atoms with Crippen molar-refractivity contribution in [3.05, 3.63) is 58.2 Å². The molecule has 138 valence electrons. The van der Waals surface area contributed by atoms with E-state index in [9.17, 15) is 14.0 Å². The van der Waals surface area contributed by atoms with E-state index in [0.717, 1.165) is 24.2 Å². The molecule has 0 radical (unpaired) electrons. The van der Waals surface area contributed by atoms with Gasteiger partial charge in [-0.3, -0.25) is 0 Å². The van der Waals surface area contributed by atoms with Gasteiger partial charge in [0.2, 0.25) is 0 Å². The summed E-state index contributed by atoms with van der Waals surface area (Å²) in [6, 6.07) is 6.07. The van der Waals surface area contributed by atoms with Gasteiger partial charge in [-0.15, -0.1) is 0 Å². The minimum absolute atomic E-state index is 0.267. The third-order valence-electron chi connectivity index (χ3n) is 5.01. The lowest BCUT2D eigenvalue weighted by Gasteiger charge is -2.38. The quantitative estimate of drug-likeness (QED) is 0.772. The number of allylic oxidation sites excluding steroid dienone is 2. The van der Waals surface area contributed by atoms with Crippen LogP contribution in [0.2, 0.25) is 0 Å². The van der Waals surface area contributed by atoms with E-state index in [4.69, 9.17) is 9.47 Å². The highest BCUT2D eigenvalue weighted by molar-refractivity contribution is 5.99. The Morgan fingerprint density at radius 1 is 0.962 bits per heavy atom. The number of rotatable bonds is 4. The molecule has 2 aliphatic rings. The molecular weight excluding hydrogens is 337 g/mol. The lowest BCUT2D eigenvalue weighted by Crippen LogP contribution is -2.36. The largest absolute Gasteiger partial charge is 0.466 e. The van der Waals surface area contributed by atoms with Crippen LogP contribution in [0.5, 0.6) is 0 Å². The number of esters is 2. The van der Waals surface area contributed by atoms with Crippen molar-refractivity contribution in [1.82, 2.24) is 4.90 Å². The first-order chi connectivity index (χ1) is 12.4. The van der Waals surface area contributed by atoms with Crippen molar-refractivity contribution in [3.8, 4) is 0 Å². The predicted molar refractivity (Wildman–Crippen MR) is 93.4 cm³/mol. The van der Waals surface area contributed by atoms with Gasteiger partial charge in [0.1, 0.15) is 5.82 Å². The Bertz CT molecular complexity index is 766. The van der Waals surface area contributed by atoms with Crippen LogP contribution in [0.3, 0.4) is 0 Å². The number of hydrogen-bond donors (Lipinski definition) is 0. The van der Waals surface area contributed by atoms with Gasteiger partial charge in [0, 0.05) is 17.4 Å². The van der Waals surface area contributed by atoms with Crippen LogP contribution in [0, 0.1) is 5.82 Å². The summed E-state index contributed by atoms with van der Waals surface area (Å²) in [5.41, 5.74) is 2.94. The molecule has 1 aromatic rings. The van der Waals surface area contributed by atoms with Crippen LogP contribution in [0.1, 0.15) is 38.2 Å². The molecule has 3 rings (SSSR count). The first-order valence-corrected chi connectivity index (χ1v) is 8.53. The molecule has 1 saturated carbocycles. The smallest absolute Gasteiger partial charge is 0.336 e. The zero-order valence-corrected chi connectivity index (χ0v) is 15.3. The van der Waals surface area contributed by atoms with Crippen molar-refractivity contribution in [3.63, 3.8) is 0 Å². The Hall–Kier alpha value is -2.63. The molecule has 0 aromatic heterocycles. The molecule has 1 aliphatic carbocycles. The lowest BCUT2D eigenvalue weighted by molar-refractivity contribution is -0.137. The fourth-order valence-electron chi connectivity index (χ4n) is 3.69. The van der Waals surface area contributed by atoms with Gasteiger partial charge in [-0.05, 0) is 44.4 Å². The normalized spacial score (nSPS) is 18.3. The van der Waals surface area contributed by atoms with Crippen LogP contribution < -0.4 is 0 Å². The highest BCUT2D eigenvalue weighted by Gasteiger charge is 2.43. The maximum absolute atomic E-state index is 13.4. The Morgan fingerprint density at radius 2 is 1.42 bits per heavy atom. The highest BCUT2D eigenvalue weighted by Crippen LogP contribution is 2.46. The summed E-state index contributed by atoms with van der Waals surface area (Å²) >= 11 is 0. The van der Waals surface area contributed by atoms with Crippen molar-refractivity contribution in [2.24, 2.45) is 0 Å². The summed E-state index contributed by atoms with van der Waals surface area (Å²) in [7, 11) is 2.63. The Morgan fingerprint density at radius 3 is 1.81 bits per heavy atom. The van der Waals surface area contributed by atoms with E-state index in [2.05, 4.69) is 0 Å². The van der Waals surface area contributed by atoms with E-state index in [1.807, 2.05) is 18.7 Å². The highest BCUT2D eigenvalue weighted by atomic mass is 19.1. The van der Waals surface area contributed by atoms with Gasteiger partial charge >= 0.3 is 11.9 Å². The van der Waals surface area contributed by atoms with Crippen LogP contribution in [0.4, 0.5) is 4.39 Å². The lowest BCUT2D eigenvalue weighted by atomic mass is 9.79. The number of halogens is 1. The first-order valence-electron chi connectivity index (χ1n) is 8.53. The molecule has 1 heterocycles. The van der Waals surface area contributed by atoms with Gasteiger partial charge in [-0.1, -0.05) is 12.1 Å². The first kappa shape index (κ1) is 18.2. The standard InChI is InChI=1S/C20H22FNO4/c1-11-16(19(23)25-3)18(13-5-7-14(21)8-6-13)17(20(24)26-4)12(2)22(11)15-9-10-15/h5-8,15,18H,9-10H2,1-4H3. The molecule has 26 heavy (non-hydrogen) atoms. The maximum Gasteiger partial charge on any atom is 0.336 e. The predicted octanol–water partition coefficient (Wildman–Crippen LogP) is 3.28. The van der Waals surface area contributed by atoms with Gasteiger partial charge in [0.15, 0.2) is 0 Å². The summed E-state index contributed by atoms with van der Waals surface area (Å²) in [4.78, 5) is 27.3. The number of nitrogens with zero attached hydrogens (tertiary/aromatic N) is 1. The number of ether oxygens (including phenoxy) is 2. The Balaban J connectivity index is 2.24. The van der Waals surface area contributed by atoms with Crippen molar-refractivity contribution in [2.45, 2.75) is 38.6 Å². The topological polar surface area (TPSA) is 55.8 Å².